The molecule has 0 spiro atoms. The topological polar surface area (TPSA) is 91.8 Å². The molecule has 7 nitrogen and oxygen atoms in total. The second-order valence-electron chi connectivity index (χ2n) is 8.94. The molecule has 2 amide bonds. The van der Waals surface area contributed by atoms with Crippen molar-refractivity contribution in [2.24, 2.45) is 5.92 Å². The van der Waals surface area contributed by atoms with Crippen LogP contribution in [-0.2, 0) is 6.18 Å². The van der Waals surface area contributed by atoms with E-state index in [2.05, 4.69) is 61.6 Å². The molecule has 1 unspecified atom stereocenters. The highest BCUT2D eigenvalue weighted by Crippen LogP contribution is 2.44. The first-order chi connectivity index (χ1) is 17.9. The van der Waals surface area contributed by atoms with Gasteiger partial charge in [0.1, 0.15) is 5.82 Å². The van der Waals surface area contributed by atoms with Crippen LogP contribution in [0.15, 0.2) is 64.0 Å². The van der Waals surface area contributed by atoms with Crippen molar-refractivity contribution in [3.63, 3.8) is 0 Å². The maximum absolute atomic E-state index is 13.1. The number of amides is 2. The van der Waals surface area contributed by atoms with E-state index >= 15 is 0 Å². The lowest BCUT2D eigenvalue weighted by Crippen LogP contribution is -2.20. The summed E-state index contributed by atoms with van der Waals surface area (Å²) in [4.78, 5) is 26.0. The van der Waals surface area contributed by atoms with E-state index in [4.69, 9.17) is 11.6 Å². The number of aromatic nitrogens is 3. The number of benzene rings is 2. The lowest BCUT2D eigenvalue weighted by molar-refractivity contribution is -0.137. The van der Waals surface area contributed by atoms with E-state index in [1.807, 2.05) is 6.92 Å². The molecule has 3 aromatic rings. The zero-order chi connectivity index (χ0) is 27.6. The van der Waals surface area contributed by atoms with Crippen LogP contribution in [0.3, 0.4) is 0 Å². The molecular weight excluding hydrogens is 537 g/mol. The highest BCUT2D eigenvalue weighted by Gasteiger charge is 2.33. The molecule has 200 valence electrons. The van der Waals surface area contributed by atoms with Gasteiger partial charge in [0.2, 0.25) is 5.95 Å². The Bertz CT molecular complexity index is 1440. The Hall–Kier alpha value is -3.57. The molecule has 0 aliphatic carbocycles. The molecule has 1 aliphatic heterocycles. The van der Waals surface area contributed by atoms with Gasteiger partial charge in [0, 0.05) is 17.1 Å². The van der Waals surface area contributed by atoms with Gasteiger partial charge in [-0.25, -0.2) is 9.78 Å². The summed E-state index contributed by atoms with van der Waals surface area (Å²) in [6, 6.07) is 7.61. The molecule has 1 atom stereocenters. The summed E-state index contributed by atoms with van der Waals surface area (Å²) in [5, 5.41) is 12.8. The molecule has 3 N–H and O–H groups in total. The summed E-state index contributed by atoms with van der Waals surface area (Å²) < 4.78 is 39.4. The summed E-state index contributed by atoms with van der Waals surface area (Å²) in [5.74, 6) is 1.37. The monoisotopic (exact) mass is 562 g/mol. The third-order valence-electron chi connectivity index (χ3n) is 5.62. The summed E-state index contributed by atoms with van der Waals surface area (Å²) in [6.07, 6.45) is -2.53. The van der Waals surface area contributed by atoms with Gasteiger partial charge in [-0.3, -0.25) is 0 Å². The lowest BCUT2D eigenvalue weighted by atomic mass is 10.1. The van der Waals surface area contributed by atoms with Gasteiger partial charge in [-0.15, -0.1) is 0 Å². The van der Waals surface area contributed by atoms with Gasteiger partial charge in [0.05, 0.1) is 10.6 Å². The van der Waals surface area contributed by atoms with Gasteiger partial charge >= 0.3 is 12.2 Å². The minimum absolute atomic E-state index is 0.0459. The van der Waals surface area contributed by atoms with E-state index < -0.39 is 33.7 Å². The molecule has 1 aromatic heterocycles. The number of halogens is 4. The van der Waals surface area contributed by atoms with Crippen molar-refractivity contribution in [3.05, 3.63) is 80.8 Å². The Balaban J connectivity index is 1.49. The van der Waals surface area contributed by atoms with Crippen LogP contribution >= 0.6 is 22.5 Å². The maximum Gasteiger partial charge on any atom is 0.417 e. The maximum atomic E-state index is 13.1. The minimum Gasteiger partial charge on any atom is -0.324 e. The average molecular weight is 563 g/mol. The highest BCUT2D eigenvalue weighted by molar-refractivity contribution is 8.22. The highest BCUT2D eigenvalue weighted by atomic mass is 35.5. The summed E-state index contributed by atoms with van der Waals surface area (Å²) >= 11 is 5.65. The van der Waals surface area contributed by atoms with Gasteiger partial charge in [0.15, 0.2) is 5.16 Å². The molecule has 1 aliphatic rings. The fourth-order valence-corrected chi connectivity index (χ4v) is 5.65. The smallest absolute Gasteiger partial charge is 0.324 e. The quantitative estimate of drug-likeness (QED) is 0.229. The predicted molar refractivity (Wildman–Crippen MR) is 147 cm³/mol. The SMILES string of the molecule is Cc1nc(Nc2cc(NC(=O)Nc3ccc(Cl)c(C(F)(F)F)c3)ccc2C)nc([SH]2C=CC(C(C)C)=C2)n1. The third-order valence-corrected chi connectivity index (χ3v) is 7.66. The number of hydrogen-bond donors (Lipinski definition) is 4. The van der Waals surface area contributed by atoms with Crippen molar-refractivity contribution in [2.45, 2.75) is 39.0 Å². The number of anilines is 4. The number of carbonyl (C=O) groups excluding carboxylic acids is 1. The average Bonchev–Trinajstić information content (AvgIpc) is 3.32. The minimum atomic E-state index is -4.64. The summed E-state index contributed by atoms with van der Waals surface area (Å²) in [6.45, 7) is 7.96. The Morgan fingerprint density at radius 2 is 1.68 bits per heavy atom. The Labute approximate surface area is 226 Å². The van der Waals surface area contributed by atoms with Crippen molar-refractivity contribution in [2.75, 3.05) is 16.0 Å². The zero-order valence-electron chi connectivity index (χ0n) is 21.0. The molecule has 2 heterocycles. The first-order valence-corrected chi connectivity index (χ1v) is 13.5. The Kier molecular flexibility index (Phi) is 7.98. The number of nitrogens with zero attached hydrogens (tertiary/aromatic N) is 3. The van der Waals surface area contributed by atoms with Crippen LogP contribution in [0.5, 0.6) is 0 Å². The Morgan fingerprint density at radius 3 is 2.34 bits per heavy atom. The number of nitrogens with one attached hydrogen (secondary N) is 3. The molecular formula is C26H26ClF3N6OS. The van der Waals surface area contributed by atoms with Gasteiger partial charge in [-0.1, -0.05) is 37.6 Å². The molecule has 0 fully saturated rings. The van der Waals surface area contributed by atoms with E-state index in [0.29, 0.717) is 34.2 Å². The van der Waals surface area contributed by atoms with Crippen LogP contribution in [-0.4, -0.2) is 21.0 Å². The molecule has 0 saturated heterocycles. The lowest BCUT2D eigenvalue weighted by Gasteiger charge is -2.15. The number of rotatable bonds is 6. The molecule has 0 radical (unpaired) electrons. The predicted octanol–water partition coefficient (Wildman–Crippen LogP) is 7.98. The third kappa shape index (κ3) is 6.65. The summed E-state index contributed by atoms with van der Waals surface area (Å²) in [5.41, 5.74) is 2.12. The van der Waals surface area contributed by atoms with Gasteiger partial charge in [-0.05, 0) is 72.0 Å². The molecule has 2 aromatic carbocycles. The van der Waals surface area contributed by atoms with E-state index in [0.717, 1.165) is 17.7 Å². The van der Waals surface area contributed by atoms with Crippen LogP contribution in [0.4, 0.5) is 41.0 Å². The van der Waals surface area contributed by atoms with Crippen LogP contribution in [0, 0.1) is 19.8 Å². The number of hydrogen-bond acceptors (Lipinski definition) is 5. The fraction of sp³-hybridized carbons (Fsp3) is 0.231. The number of aryl methyl sites for hydroxylation is 2. The number of urea groups is 1. The van der Waals surface area contributed by atoms with Crippen molar-refractivity contribution < 1.29 is 18.0 Å². The van der Waals surface area contributed by atoms with E-state index in [1.54, 1.807) is 25.1 Å². The molecule has 38 heavy (non-hydrogen) atoms. The van der Waals surface area contributed by atoms with Crippen molar-refractivity contribution in [1.29, 1.82) is 0 Å². The van der Waals surface area contributed by atoms with Gasteiger partial charge in [0.25, 0.3) is 0 Å². The van der Waals surface area contributed by atoms with Crippen LogP contribution < -0.4 is 16.0 Å². The van der Waals surface area contributed by atoms with E-state index in [1.165, 1.54) is 11.6 Å². The number of carbonyl (C=O) groups is 1. The van der Waals surface area contributed by atoms with Crippen molar-refractivity contribution >= 4 is 51.5 Å². The summed E-state index contributed by atoms with van der Waals surface area (Å²) in [7, 11) is -0.770. The second kappa shape index (κ2) is 11.0. The molecule has 12 heteroatoms. The van der Waals surface area contributed by atoms with Crippen molar-refractivity contribution in [1.82, 2.24) is 15.0 Å². The van der Waals surface area contributed by atoms with E-state index in [-0.39, 0.29) is 5.69 Å². The van der Waals surface area contributed by atoms with Crippen LogP contribution in [0.2, 0.25) is 5.02 Å². The standard InChI is InChI=1S/C26H26ClF3N6OS/c1-14(2)17-9-10-38(13-17)25-32-16(4)31-23(36-25)35-22-12-19(6-5-15(22)3)34-24(37)33-18-7-8-21(27)20(11-18)26(28,29)30/h5-14,38H,1-4H3,(H2,33,34,37)(H,31,32,35,36). The van der Waals surface area contributed by atoms with Crippen LogP contribution in [0.1, 0.15) is 30.8 Å². The number of thiol groups is 1. The number of allylic oxidation sites excluding steroid dienone is 2. The molecule has 4 rings (SSSR count). The van der Waals surface area contributed by atoms with Crippen molar-refractivity contribution in [3.8, 4) is 0 Å². The largest absolute Gasteiger partial charge is 0.417 e. The van der Waals surface area contributed by atoms with E-state index in [9.17, 15) is 18.0 Å². The first kappa shape index (κ1) is 27.5. The van der Waals surface area contributed by atoms with Gasteiger partial charge in [-0.2, -0.15) is 34.0 Å². The second-order valence-corrected chi connectivity index (χ2v) is 11.1. The van der Waals surface area contributed by atoms with Gasteiger partial charge < -0.3 is 16.0 Å². The molecule has 0 saturated carbocycles. The molecule has 0 bridgehead atoms. The first-order valence-electron chi connectivity index (χ1n) is 11.6. The fourth-order valence-electron chi connectivity index (χ4n) is 3.59. The van der Waals surface area contributed by atoms with Crippen LogP contribution in [0.25, 0.3) is 0 Å². The Morgan fingerprint density at radius 1 is 1.00 bits per heavy atom. The zero-order valence-corrected chi connectivity index (χ0v) is 22.6. The normalized spacial score (nSPS) is 15.9. The number of alkyl halides is 3.